The molecule has 0 aromatic heterocycles. The molecule has 738 valence electrons. The van der Waals surface area contributed by atoms with Gasteiger partial charge in [0, 0.05) is 112 Å². The molecule has 9 aromatic carbocycles. The van der Waals surface area contributed by atoms with Gasteiger partial charge in [-0.1, -0.05) is 278 Å². The maximum Gasteiger partial charge on any atom is 0.318 e. The summed E-state index contributed by atoms with van der Waals surface area (Å²) in [5.41, 5.74) is 0.0709. The number of hydrogen-bond acceptors (Lipinski definition) is 15. The summed E-state index contributed by atoms with van der Waals surface area (Å²) in [6.07, 6.45) is -31.1. The van der Waals surface area contributed by atoms with Gasteiger partial charge in [-0.05, 0) is 202 Å². The van der Waals surface area contributed by atoms with E-state index < -0.39 is 334 Å². The van der Waals surface area contributed by atoms with Crippen molar-refractivity contribution in [3.8, 4) is 17.2 Å². The molecule has 0 radical (unpaired) electrons. The molecular weight excluding hydrogens is 1740 g/mol. The zero-order valence-corrected chi connectivity index (χ0v) is 77.2. The molecular formula is C111H144N12O15. The van der Waals surface area contributed by atoms with Gasteiger partial charge in [0.15, 0.2) is 19.8 Å². The third-order valence-corrected chi connectivity index (χ3v) is 21.3. The fraction of sp³-hybridized carbons (Fsp3) is 0.432. The second kappa shape index (κ2) is 54.7. The van der Waals surface area contributed by atoms with Crippen LogP contribution in [0.1, 0.15) is 202 Å². The monoisotopic (exact) mass is 1930 g/mol. The van der Waals surface area contributed by atoms with Crippen molar-refractivity contribution >= 4 is 53.5 Å². The van der Waals surface area contributed by atoms with Gasteiger partial charge >= 0.3 is 18.1 Å². The van der Waals surface area contributed by atoms with Gasteiger partial charge < -0.3 is 92.1 Å². The van der Waals surface area contributed by atoms with E-state index in [4.69, 9.17) is 63.6 Å². The van der Waals surface area contributed by atoms with Crippen LogP contribution in [0, 0.1) is 59.0 Å². The highest BCUT2D eigenvalue weighted by Crippen LogP contribution is 2.29. The summed E-state index contributed by atoms with van der Waals surface area (Å²) in [6.45, 7) is -21.7. The van der Waals surface area contributed by atoms with Crippen molar-refractivity contribution in [3.05, 3.63) is 303 Å². The SMILES string of the molecule is [2H]C([2H])([2H])c1cccc(C([2H])([2H])[2H])c1OCC(=O)N[C@H]([C@@H](O)C[C@@H](NC(=O)[C@H](C(C)C)N1C(=O)NC([2H])([2H])C([2H])([2H])C1([2H])[2H])C([2H])([2H])c1ccccc1)C([2H])([2H])c1ccccc1.[2H]C([2H])([2H])c1cccc(C([2H])([2H])[2H])c1OCC(=O)N[C@H]([C@@H](O)C[C@H](Cc1ccccc1)NC(=O)[C@H](C(C)C)N1C(=O)NC([2H])([2H])C([2H])([2H])C1([2H])[2H])C([2H])([2H])c1ccccc1.[2H]C([2H])(c1ccccc1)[C@H](NC(=O)COc1c(C)cccc1C)[C@@H](O)C[C@@H](NC(=O)[C@H](C(C)C)N1C(=O)NC([2H])([2H])C([2H])([2H])C1([2H])[2H])C([2H])([2H])c1ccccc1. The summed E-state index contributed by atoms with van der Waals surface area (Å²) in [4.78, 5) is 124. The molecule has 0 saturated carbocycles. The molecule has 138 heavy (non-hydrogen) atoms. The molecule has 12 amide bonds. The van der Waals surface area contributed by atoms with Crippen molar-refractivity contribution in [3.63, 3.8) is 0 Å². The minimum atomic E-state index is -3.46. The van der Waals surface area contributed by atoms with Crippen LogP contribution in [0.3, 0.4) is 0 Å². The number of para-hydroxylation sites is 3. The van der Waals surface area contributed by atoms with E-state index in [1.54, 1.807) is 109 Å². The molecule has 3 aliphatic rings. The molecule has 3 saturated heterocycles. The molecule has 12 atom stereocenters. The van der Waals surface area contributed by atoms with Crippen LogP contribution in [0.15, 0.2) is 237 Å². The second-order valence-electron chi connectivity index (χ2n) is 33.1. The Hall–Kier alpha value is -13.1. The predicted octanol–water partition coefficient (Wildman–Crippen LogP) is 13.0. The third kappa shape index (κ3) is 33.7. The Morgan fingerprint density at radius 1 is 0.341 bits per heavy atom. The van der Waals surface area contributed by atoms with Gasteiger partial charge in [-0.15, -0.1) is 0 Å². The molecule has 0 spiro atoms. The molecule has 27 nitrogen and oxygen atoms in total. The van der Waals surface area contributed by atoms with Gasteiger partial charge in [0.1, 0.15) is 35.4 Å². The number of carbonyl (C=O) groups is 9. The van der Waals surface area contributed by atoms with Crippen LogP contribution in [-0.4, -0.2) is 215 Å². The fourth-order valence-electron chi connectivity index (χ4n) is 14.7. The van der Waals surface area contributed by atoms with E-state index >= 15 is 0 Å². The topological polar surface area (TPSA) is 360 Å². The van der Waals surface area contributed by atoms with Crippen molar-refractivity contribution in [2.45, 2.75) is 232 Å². The first-order valence-corrected chi connectivity index (χ1v) is 44.4. The zero-order chi connectivity index (χ0) is 134. The van der Waals surface area contributed by atoms with Crippen LogP contribution < -0.4 is 62.1 Å². The van der Waals surface area contributed by atoms with Crippen LogP contribution >= 0.6 is 0 Å². The molecule has 3 fully saturated rings. The number of aryl methyl sites for hydroxylation is 6. The first-order chi connectivity index (χ1) is 81.7. The fourth-order valence-corrected chi connectivity index (χ4v) is 14.7. The number of ether oxygens (including phenoxy) is 3. The van der Waals surface area contributed by atoms with Gasteiger partial charge in [-0.2, -0.15) is 0 Å². The molecule has 3 aliphatic heterocycles. The maximum absolute atomic E-state index is 14.3. The lowest BCUT2D eigenvalue weighted by Crippen LogP contribution is -2.59. The lowest BCUT2D eigenvalue weighted by molar-refractivity contribution is -0.129. The number of carbonyl (C=O) groups excluding carboxylic acids is 9. The van der Waals surface area contributed by atoms with Crippen LogP contribution in [0.25, 0.3) is 0 Å². The van der Waals surface area contributed by atoms with Crippen LogP contribution in [0.2, 0.25) is 0 Å². The Balaban J connectivity index is 0.000000268. The maximum atomic E-state index is 14.3. The molecule has 12 rings (SSSR count). The van der Waals surface area contributed by atoms with Gasteiger partial charge in [-0.3, -0.25) is 28.8 Å². The number of aliphatic hydroxyl groups is 3. The second-order valence-corrected chi connectivity index (χ2v) is 33.1. The Bertz CT molecular complexity index is 7170. The average Bonchev–Trinajstić information content (AvgIpc) is 0.716. The van der Waals surface area contributed by atoms with Gasteiger partial charge in [-0.25, -0.2) is 14.4 Å². The lowest BCUT2D eigenvalue weighted by atomic mass is 9.92. The predicted molar refractivity (Wildman–Crippen MR) is 539 cm³/mol. The highest BCUT2D eigenvalue weighted by Gasteiger charge is 2.40. The summed E-state index contributed by atoms with van der Waals surface area (Å²) >= 11 is 0. The number of urea groups is 3. The first-order valence-electron chi connectivity index (χ1n) is 64.4. The number of benzene rings is 9. The third-order valence-electron chi connectivity index (χ3n) is 21.3. The van der Waals surface area contributed by atoms with Crippen molar-refractivity contribution in [2.24, 2.45) is 17.8 Å². The molecule has 0 unspecified atom stereocenters. The van der Waals surface area contributed by atoms with Crippen molar-refractivity contribution < 1.29 is 128 Å². The first kappa shape index (κ1) is 63.4. The number of amides is 12. The summed E-state index contributed by atoms with van der Waals surface area (Å²) < 4.78 is 352. The Labute approximate surface area is 870 Å². The standard InChI is InChI=1S/3C37H48N4O5/c3*1-25(2)34(41-20-12-19-38-37(41)45)36(44)39-30(21-28-15-7-5-8-16-28)23-32(42)31(22-29-17-9-6-10-18-29)40-33(43)24-46-35-26(3)13-11-14-27(35)4/h3*5-11,13-18,25,30-32,34,42H,12,19-24H2,1-4H3,(H,38,45)(H,39,44)(H,40,43)/t3*30-,31-,32-,34-/m000/s1/i3D3,4D3,12D2,19D2,20D2,21D2,22D2;3D3,4D3,12D2,19D2,20D2,22D2;12D2,19D2,20D2,21D2,22D2. The van der Waals surface area contributed by atoms with E-state index in [0.29, 0.717) is 16.2 Å². The number of rotatable bonds is 45. The summed E-state index contributed by atoms with van der Waals surface area (Å²) in [5, 5.41) is 56.1. The number of nitrogens with one attached hydrogen (secondary N) is 9. The lowest BCUT2D eigenvalue weighted by Gasteiger charge is -2.37. The van der Waals surface area contributed by atoms with Gasteiger partial charge in [0.05, 0.1) is 36.4 Å². The normalized spacial score (nSPS) is 24.2. The zero-order valence-electron chi connectivity index (χ0n) is 117. The molecule has 0 bridgehead atoms. The minimum absolute atomic E-state index is 0.0173. The van der Waals surface area contributed by atoms with E-state index in [2.05, 4.69) is 31.9 Å². The quantitative estimate of drug-likeness (QED) is 0.0169. The Morgan fingerprint density at radius 3 is 0.848 bits per heavy atom. The van der Waals surface area contributed by atoms with E-state index in [1.165, 1.54) is 163 Å². The van der Waals surface area contributed by atoms with E-state index in [0.717, 1.165) is 35.4 Å². The molecule has 0 aliphatic carbocycles. The molecule has 12 N–H and O–H groups in total. The number of nitrogens with zero attached hydrogens (tertiary/aromatic N) is 3. The van der Waals surface area contributed by atoms with Gasteiger partial charge in [0.25, 0.3) is 17.7 Å². The highest BCUT2D eigenvalue weighted by molar-refractivity contribution is 5.90. The van der Waals surface area contributed by atoms with E-state index in [9.17, 15) is 64.0 Å². The average molecular weight is 1930 g/mol. The Kier molecular flexibility index (Phi) is 25.1. The summed E-state index contributed by atoms with van der Waals surface area (Å²) in [7, 11) is 0. The van der Waals surface area contributed by atoms with Crippen molar-refractivity contribution in [2.75, 3.05) is 58.8 Å². The van der Waals surface area contributed by atoms with Gasteiger partial charge in [0.2, 0.25) is 17.7 Å². The van der Waals surface area contributed by atoms with E-state index in [-0.39, 0.29) is 44.0 Å². The minimum Gasteiger partial charge on any atom is -0.483 e. The molecule has 3 heterocycles. The van der Waals surface area contributed by atoms with Crippen molar-refractivity contribution in [1.82, 2.24) is 62.6 Å². The van der Waals surface area contributed by atoms with Crippen LogP contribution in [0.5, 0.6) is 17.2 Å². The van der Waals surface area contributed by atoms with Crippen molar-refractivity contribution in [1.29, 1.82) is 0 Å². The molecule has 9 aromatic rings. The van der Waals surface area contributed by atoms with Crippen LogP contribution in [-0.2, 0) is 67.1 Å². The highest BCUT2D eigenvalue weighted by atomic mass is 16.5. The number of hydrogen-bond donors (Lipinski definition) is 12. The summed E-state index contributed by atoms with van der Waals surface area (Å²) in [5.74, 6) is -10.1. The Morgan fingerprint density at radius 2 is 0.580 bits per heavy atom. The largest absolute Gasteiger partial charge is 0.483 e. The molecule has 27 heteroatoms. The summed E-state index contributed by atoms with van der Waals surface area (Å²) in [6, 6.07) is 37.7. The number of aliphatic hydroxyl groups excluding tert-OH is 3. The van der Waals surface area contributed by atoms with E-state index in [1.807, 2.05) is 11.4 Å². The smallest absolute Gasteiger partial charge is 0.318 e. The van der Waals surface area contributed by atoms with Crippen LogP contribution in [0.4, 0.5) is 14.4 Å².